The summed E-state index contributed by atoms with van der Waals surface area (Å²) in [5.41, 5.74) is 2.95. The predicted molar refractivity (Wildman–Crippen MR) is 72.8 cm³/mol. The first-order chi connectivity index (χ1) is 7.79. The van der Waals surface area contributed by atoms with Crippen LogP contribution in [-0.2, 0) is 0 Å². The summed E-state index contributed by atoms with van der Waals surface area (Å²) in [4.78, 5) is 28.3. The van der Waals surface area contributed by atoms with Gasteiger partial charge in [-0.1, -0.05) is 0 Å². The van der Waals surface area contributed by atoms with Crippen molar-refractivity contribution in [2.45, 2.75) is 20.8 Å². The summed E-state index contributed by atoms with van der Waals surface area (Å²) in [5, 5.41) is 2.27. The molecule has 0 saturated heterocycles. The molecule has 0 heterocycles. The molecule has 4 heteroatoms. The van der Waals surface area contributed by atoms with Crippen molar-refractivity contribution in [1.82, 2.24) is 0 Å². The molecule has 0 aromatic heterocycles. The van der Waals surface area contributed by atoms with Crippen LogP contribution >= 0.6 is 7.94 Å². The maximum absolute atomic E-state index is 9.42. The van der Waals surface area contributed by atoms with Gasteiger partial charge in [0.15, 0.2) is 0 Å². The third-order valence-corrected chi connectivity index (χ3v) is 4.27. The quantitative estimate of drug-likeness (QED) is 0.679. The molecule has 0 atom stereocenters. The average Bonchev–Trinajstić information content (AvgIpc) is 2.13. The molecule has 0 aliphatic heterocycles. The van der Waals surface area contributed by atoms with Gasteiger partial charge in [0.25, 0.3) is 0 Å². The molecule has 0 spiro atoms. The summed E-state index contributed by atoms with van der Waals surface area (Å²) in [6.45, 7) is 5.78. The van der Waals surface area contributed by atoms with Crippen molar-refractivity contribution in [1.29, 1.82) is 0 Å². The summed E-state index contributed by atoms with van der Waals surface area (Å²) in [6, 6.07) is 7.66. The first-order valence-electron chi connectivity index (χ1n) is 5.48. The zero-order chi connectivity index (χ0) is 12.8. The summed E-state index contributed by atoms with van der Waals surface area (Å²) in [6.07, 6.45) is 0. The van der Waals surface area contributed by atoms with Crippen LogP contribution in [-0.4, -0.2) is 14.7 Å². The number of fused-ring (bicyclic) bond motifs is 1. The second-order valence-corrected chi connectivity index (χ2v) is 6.41. The van der Waals surface area contributed by atoms with Crippen LogP contribution in [0, 0.1) is 20.8 Å². The van der Waals surface area contributed by atoms with E-state index in [2.05, 4.69) is 6.07 Å². The second kappa shape index (κ2) is 4.04. The predicted octanol–water partition coefficient (Wildman–Crippen LogP) is 1.86. The van der Waals surface area contributed by atoms with Gasteiger partial charge in [-0.2, -0.15) is 0 Å². The van der Waals surface area contributed by atoms with Crippen LogP contribution in [0.1, 0.15) is 16.7 Å². The number of hydrogen-bond acceptors (Lipinski definition) is 3. The third kappa shape index (κ3) is 2.33. The molecule has 0 aliphatic carbocycles. The van der Waals surface area contributed by atoms with E-state index in [1.807, 2.05) is 26.0 Å². The normalized spacial score (nSPS) is 13.1. The van der Waals surface area contributed by atoms with Crippen molar-refractivity contribution >= 4 is 24.0 Å². The Morgan fingerprint density at radius 2 is 1.47 bits per heavy atom. The average molecular weight is 252 g/mol. The van der Waals surface area contributed by atoms with Gasteiger partial charge in [0, 0.05) is 0 Å². The van der Waals surface area contributed by atoms with Gasteiger partial charge in [0.1, 0.15) is 0 Å². The van der Waals surface area contributed by atoms with Crippen LogP contribution in [0.5, 0.6) is 0 Å². The van der Waals surface area contributed by atoms with Crippen LogP contribution in [0.2, 0.25) is 0 Å². The van der Waals surface area contributed by atoms with Crippen LogP contribution in [0.4, 0.5) is 0 Å². The number of benzene rings is 2. The van der Waals surface area contributed by atoms with Gasteiger partial charge in [0.05, 0.1) is 0 Å². The Bertz CT molecular complexity index is 585. The van der Waals surface area contributed by atoms with Crippen LogP contribution in [0.25, 0.3) is 10.8 Å². The molecular formula is C13H17O3P. The van der Waals surface area contributed by atoms with E-state index in [1.165, 1.54) is 5.56 Å². The Kier molecular flexibility index (Phi) is 2.96. The fourth-order valence-electron chi connectivity index (χ4n) is 2.26. The Morgan fingerprint density at radius 3 is 2.06 bits per heavy atom. The van der Waals surface area contributed by atoms with Gasteiger partial charge in [-0.25, -0.2) is 0 Å². The van der Waals surface area contributed by atoms with Crippen molar-refractivity contribution in [3.8, 4) is 0 Å². The second-order valence-electron chi connectivity index (χ2n) is 4.61. The van der Waals surface area contributed by atoms with Gasteiger partial charge in [-0.15, -0.1) is 0 Å². The molecule has 0 fully saturated rings. The van der Waals surface area contributed by atoms with Crippen molar-refractivity contribution in [2.24, 2.45) is 0 Å². The first kappa shape index (κ1) is 12.5. The maximum atomic E-state index is 9.42. The molecule has 3 N–H and O–H groups in total. The molecule has 2 aromatic carbocycles. The molecule has 0 aliphatic rings. The Balaban J connectivity index is 2.81. The minimum atomic E-state index is -4.23. The van der Waals surface area contributed by atoms with E-state index >= 15 is 0 Å². The summed E-state index contributed by atoms with van der Waals surface area (Å²) >= 11 is 0. The molecule has 3 nitrogen and oxygen atoms in total. The van der Waals surface area contributed by atoms with E-state index in [0.29, 0.717) is 5.56 Å². The Morgan fingerprint density at radius 1 is 0.824 bits per heavy atom. The first-order valence-corrected chi connectivity index (χ1v) is 7.32. The van der Waals surface area contributed by atoms with Gasteiger partial charge >= 0.3 is 100 Å². The number of aryl methyl sites for hydroxylation is 3. The molecule has 0 saturated carbocycles. The minimum absolute atomic E-state index is 0.261. The molecular weight excluding hydrogens is 235 g/mol. The van der Waals surface area contributed by atoms with Crippen molar-refractivity contribution in [2.75, 3.05) is 0 Å². The van der Waals surface area contributed by atoms with E-state index in [4.69, 9.17) is 0 Å². The van der Waals surface area contributed by atoms with Crippen molar-refractivity contribution < 1.29 is 14.7 Å². The zero-order valence-electron chi connectivity index (χ0n) is 10.2. The molecule has 2 rings (SSSR count). The standard InChI is InChI=1S/C13H17O3P/c1-8-4-9(2)12-7-13(17(14,15)16)10(3)6-11(12)5-8/h4-7,14-17H,1-3H3. The molecule has 0 amide bonds. The monoisotopic (exact) mass is 252 g/mol. The Labute approximate surface area is 101 Å². The zero-order valence-corrected chi connectivity index (χ0v) is 11.2. The van der Waals surface area contributed by atoms with Gasteiger partial charge in [-0.3, -0.25) is 0 Å². The molecule has 0 radical (unpaired) electrons. The number of rotatable bonds is 1. The fourth-order valence-corrected chi connectivity index (χ4v) is 3.20. The van der Waals surface area contributed by atoms with E-state index in [9.17, 15) is 14.7 Å². The SMILES string of the molecule is Cc1cc(C)c2cc([PH](O)(O)O)c(C)cc2c1. The van der Waals surface area contributed by atoms with Gasteiger partial charge in [-0.05, 0) is 0 Å². The molecule has 17 heavy (non-hydrogen) atoms. The molecule has 0 unspecified atom stereocenters. The third-order valence-electron chi connectivity index (χ3n) is 3.01. The summed E-state index contributed by atoms with van der Waals surface area (Å²) < 4.78 is 0. The van der Waals surface area contributed by atoms with E-state index in [0.717, 1.165) is 16.3 Å². The van der Waals surface area contributed by atoms with Crippen LogP contribution in [0.15, 0.2) is 24.3 Å². The van der Waals surface area contributed by atoms with Gasteiger partial charge in [0.2, 0.25) is 0 Å². The van der Waals surface area contributed by atoms with E-state index in [1.54, 1.807) is 13.0 Å². The fraction of sp³-hybridized carbons (Fsp3) is 0.231. The van der Waals surface area contributed by atoms with Gasteiger partial charge < -0.3 is 0 Å². The molecule has 92 valence electrons. The van der Waals surface area contributed by atoms with Crippen LogP contribution in [0.3, 0.4) is 0 Å². The van der Waals surface area contributed by atoms with Crippen LogP contribution < -0.4 is 5.30 Å². The van der Waals surface area contributed by atoms with Crippen molar-refractivity contribution in [3.05, 3.63) is 41.0 Å². The number of hydrogen-bond donors (Lipinski definition) is 3. The van der Waals surface area contributed by atoms with E-state index < -0.39 is 7.94 Å². The van der Waals surface area contributed by atoms with Crippen molar-refractivity contribution in [3.63, 3.8) is 0 Å². The molecule has 2 aromatic rings. The Hall–Kier alpha value is -0.990. The molecule has 0 bridgehead atoms. The summed E-state index contributed by atoms with van der Waals surface area (Å²) in [5.74, 6) is 0. The van der Waals surface area contributed by atoms with E-state index in [-0.39, 0.29) is 5.30 Å². The topological polar surface area (TPSA) is 60.7 Å². The summed E-state index contributed by atoms with van der Waals surface area (Å²) in [7, 11) is -4.23.